The minimum Gasteiger partial charge on any atom is -0.363 e. The van der Waals surface area contributed by atoms with E-state index in [-0.39, 0.29) is 5.92 Å². The predicted octanol–water partition coefficient (Wildman–Crippen LogP) is 11.4. The molecular formula is C51H71N5S. The average molecular weight is 786 g/mol. The second-order valence-electron chi connectivity index (χ2n) is 20.5. The fraction of sp³-hybridized carbons (Fsp3) is 0.745. The van der Waals surface area contributed by atoms with E-state index in [0.29, 0.717) is 59.6 Å². The van der Waals surface area contributed by atoms with Crippen molar-refractivity contribution >= 4 is 11.8 Å². The maximum atomic E-state index is 11.4. The molecule has 0 aromatic heterocycles. The zero-order valence-electron chi connectivity index (χ0n) is 34.8. The summed E-state index contributed by atoms with van der Waals surface area (Å²) in [5.74, 6) is 4.38. The summed E-state index contributed by atoms with van der Waals surface area (Å²) in [4.78, 5) is 10.7. The van der Waals surface area contributed by atoms with Crippen LogP contribution in [-0.2, 0) is 0 Å². The fourth-order valence-corrected chi connectivity index (χ4v) is 16.7. The lowest BCUT2D eigenvalue weighted by Crippen LogP contribution is -2.76. The minimum atomic E-state index is 0.0772. The number of rotatable bonds is 6. The first-order chi connectivity index (χ1) is 28.2. The molecule has 0 spiro atoms. The van der Waals surface area contributed by atoms with E-state index in [0.717, 1.165) is 36.5 Å². The van der Waals surface area contributed by atoms with Gasteiger partial charge in [-0.1, -0.05) is 86.8 Å². The number of allylic oxidation sites excluding steroid dienone is 8. The van der Waals surface area contributed by atoms with E-state index in [1.54, 1.807) is 16.3 Å². The van der Waals surface area contributed by atoms with Crippen LogP contribution < -0.4 is 5.32 Å². The molecule has 14 atom stereocenters. The minimum absolute atomic E-state index is 0.0772. The molecule has 57 heavy (non-hydrogen) atoms. The third-order valence-corrected chi connectivity index (χ3v) is 19.2. The monoisotopic (exact) mass is 786 g/mol. The van der Waals surface area contributed by atoms with E-state index in [9.17, 15) is 5.26 Å². The molecule has 11 aliphatic rings. The zero-order chi connectivity index (χ0) is 37.9. The van der Waals surface area contributed by atoms with Gasteiger partial charge in [0.1, 0.15) is 0 Å². The lowest BCUT2D eigenvalue weighted by atomic mass is 9.69. The van der Waals surface area contributed by atoms with Gasteiger partial charge in [-0.3, -0.25) is 10.2 Å². The van der Waals surface area contributed by atoms with Crippen LogP contribution in [0.3, 0.4) is 0 Å². The first kappa shape index (κ1) is 37.8. The Balaban J connectivity index is 0.962. The van der Waals surface area contributed by atoms with Crippen molar-refractivity contribution in [1.82, 2.24) is 20.0 Å². The van der Waals surface area contributed by atoms with E-state index in [1.165, 1.54) is 135 Å². The normalized spacial score (nSPS) is 44.7. The SMILES string of the molecule is N#CC1CC(C2NC(C3C=CC(C4CCCCC4)CC3)N2C2=CCCCC2)C(N2C3=C(CCCC3)SC3C=CC=CC32)CC1N1C2C=CCCC2C2CCCCC21. The molecule has 5 fully saturated rings. The van der Waals surface area contributed by atoms with Gasteiger partial charge in [-0.05, 0) is 139 Å². The van der Waals surface area contributed by atoms with Gasteiger partial charge in [0.05, 0.1) is 35.6 Å². The van der Waals surface area contributed by atoms with Gasteiger partial charge < -0.3 is 9.80 Å². The third kappa shape index (κ3) is 6.79. The van der Waals surface area contributed by atoms with Crippen LogP contribution in [0.25, 0.3) is 0 Å². The molecule has 3 saturated carbocycles. The number of likely N-dealkylation sites (tertiary alicyclic amines) is 1. The Bertz CT molecular complexity index is 1710. The fourth-order valence-electron chi connectivity index (χ4n) is 15.2. The van der Waals surface area contributed by atoms with Gasteiger partial charge in [0.25, 0.3) is 0 Å². The van der Waals surface area contributed by atoms with Gasteiger partial charge in [-0.2, -0.15) is 5.26 Å². The predicted molar refractivity (Wildman–Crippen MR) is 234 cm³/mol. The highest BCUT2D eigenvalue weighted by Gasteiger charge is 2.58. The Morgan fingerprint density at radius 2 is 1.44 bits per heavy atom. The highest BCUT2D eigenvalue weighted by atomic mass is 32.2. The second kappa shape index (κ2) is 16.3. The van der Waals surface area contributed by atoms with Crippen LogP contribution in [0, 0.1) is 52.8 Å². The Labute approximate surface area is 349 Å². The zero-order valence-corrected chi connectivity index (χ0v) is 35.6. The van der Waals surface area contributed by atoms with Crippen LogP contribution >= 0.6 is 11.8 Å². The van der Waals surface area contributed by atoms with E-state index in [1.807, 2.05) is 0 Å². The quantitative estimate of drug-likeness (QED) is 0.271. The van der Waals surface area contributed by atoms with Crippen LogP contribution in [0.4, 0.5) is 0 Å². The van der Waals surface area contributed by atoms with Crippen molar-refractivity contribution in [2.24, 2.45) is 41.4 Å². The van der Waals surface area contributed by atoms with Gasteiger partial charge in [0, 0.05) is 52.3 Å². The number of nitrogens with one attached hydrogen (secondary N) is 1. The first-order valence-corrected chi connectivity index (χ1v) is 25.4. The van der Waals surface area contributed by atoms with Crippen LogP contribution in [0.2, 0.25) is 0 Å². The number of thioether (sulfide) groups is 1. The summed E-state index contributed by atoms with van der Waals surface area (Å²) in [5, 5.41) is 16.3. The summed E-state index contributed by atoms with van der Waals surface area (Å²) >= 11 is 2.20. The molecule has 2 saturated heterocycles. The van der Waals surface area contributed by atoms with Crippen molar-refractivity contribution < 1.29 is 0 Å². The van der Waals surface area contributed by atoms with Gasteiger partial charge in [-0.15, -0.1) is 11.8 Å². The van der Waals surface area contributed by atoms with Crippen molar-refractivity contribution in [2.75, 3.05) is 0 Å². The van der Waals surface area contributed by atoms with E-state index in [2.05, 4.69) is 92.5 Å². The average Bonchev–Trinajstić information content (AvgIpc) is 3.60. The lowest BCUT2D eigenvalue weighted by Gasteiger charge is -2.63. The number of hydrogen-bond donors (Lipinski definition) is 1. The summed E-state index contributed by atoms with van der Waals surface area (Å²) in [6.07, 6.45) is 54.0. The Morgan fingerprint density at radius 3 is 2.30 bits per heavy atom. The topological polar surface area (TPSA) is 45.5 Å². The van der Waals surface area contributed by atoms with Crippen molar-refractivity contribution in [3.05, 3.63) is 71.0 Å². The number of nitrogens with zero attached hydrogens (tertiary/aromatic N) is 4. The molecule has 3 aliphatic heterocycles. The summed E-state index contributed by atoms with van der Waals surface area (Å²) in [7, 11) is 0. The number of hydrogen-bond acceptors (Lipinski definition) is 6. The van der Waals surface area contributed by atoms with E-state index in [4.69, 9.17) is 0 Å². The van der Waals surface area contributed by atoms with Crippen molar-refractivity contribution in [2.45, 2.75) is 195 Å². The lowest BCUT2D eigenvalue weighted by molar-refractivity contribution is -0.102. The molecule has 1 N–H and O–H groups in total. The van der Waals surface area contributed by atoms with Crippen LogP contribution in [0.15, 0.2) is 71.0 Å². The van der Waals surface area contributed by atoms with Crippen LogP contribution in [0.5, 0.6) is 0 Å². The largest absolute Gasteiger partial charge is 0.363 e. The first-order valence-electron chi connectivity index (χ1n) is 24.5. The standard InChI is InChI=1S/C51H71N5S/c52-33-37-31-41(51-53-50(54(51)38-17-5-2-6-18-38)36-29-27-35(28-30-36)34-15-3-1-4-16-34)47(56-44-23-11-13-25-48(44)57-49-26-14-12-24-45(49)56)32-46(37)55-42-21-9-7-19-39(42)40-20-8-10-22-43(40)55/h9,11,13,17,21,23,25,27,29,34-37,39-44,46-48,50-51,53H,1-8,10,12,14-16,18-20,22,24,26,28,30-32H2. The molecule has 3 heterocycles. The maximum Gasteiger partial charge on any atom is 0.0887 e. The number of fused-ring (bicyclic) bond motifs is 4. The van der Waals surface area contributed by atoms with Crippen molar-refractivity contribution in [1.29, 1.82) is 5.26 Å². The van der Waals surface area contributed by atoms with Crippen molar-refractivity contribution in [3.8, 4) is 6.07 Å². The molecular weight excluding hydrogens is 715 g/mol. The smallest absolute Gasteiger partial charge is 0.0887 e. The molecule has 11 rings (SSSR count). The Hall–Kier alpha value is -2.20. The van der Waals surface area contributed by atoms with Crippen molar-refractivity contribution in [3.63, 3.8) is 0 Å². The molecule has 8 aliphatic carbocycles. The molecule has 0 radical (unpaired) electrons. The molecule has 5 nitrogen and oxygen atoms in total. The molecule has 0 aromatic rings. The van der Waals surface area contributed by atoms with E-state index < -0.39 is 0 Å². The van der Waals surface area contributed by atoms with E-state index >= 15 is 0 Å². The Kier molecular flexibility index (Phi) is 10.8. The van der Waals surface area contributed by atoms with Crippen LogP contribution in [0.1, 0.15) is 148 Å². The number of nitriles is 1. The van der Waals surface area contributed by atoms with Crippen LogP contribution in [-0.4, -0.2) is 62.5 Å². The molecule has 6 heteroatoms. The molecule has 14 unspecified atom stereocenters. The van der Waals surface area contributed by atoms with Gasteiger partial charge in [-0.25, -0.2) is 0 Å². The molecule has 306 valence electrons. The summed E-state index contributed by atoms with van der Waals surface area (Å²) in [6, 6.07) is 5.45. The molecule has 0 amide bonds. The maximum absolute atomic E-state index is 11.4. The Morgan fingerprint density at radius 1 is 0.614 bits per heavy atom. The van der Waals surface area contributed by atoms with Gasteiger partial charge >= 0.3 is 0 Å². The van der Waals surface area contributed by atoms with Gasteiger partial charge in [0.2, 0.25) is 0 Å². The highest BCUT2D eigenvalue weighted by molar-refractivity contribution is 8.03. The summed E-state index contributed by atoms with van der Waals surface area (Å²) in [5.41, 5.74) is 3.31. The molecule has 0 aromatic carbocycles. The second-order valence-corrected chi connectivity index (χ2v) is 21.8. The highest BCUT2D eigenvalue weighted by Crippen LogP contribution is 2.55. The summed E-state index contributed by atoms with van der Waals surface area (Å²) < 4.78 is 0. The molecule has 0 bridgehead atoms. The van der Waals surface area contributed by atoms with Gasteiger partial charge in [0.15, 0.2) is 0 Å². The summed E-state index contributed by atoms with van der Waals surface area (Å²) in [6.45, 7) is 0. The third-order valence-electron chi connectivity index (χ3n) is 17.8.